The van der Waals surface area contributed by atoms with Gasteiger partial charge in [0.1, 0.15) is 0 Å². The van der Waals surface area contributed by atoms with E-state index in [1.165, 1.54) is 0 Å². The fraction of sp³-hybridized carbons (Fsp3) is 0.227. The number of carbonyl (C=O) groups is 1. The molecule has 0 atom stereocenters. The number of para-hydroxylation sites is 1. The highest BCUT2D eigenvalue weighted by Crippen LogP contribution is 2.27. The third-order valence-electron chi connectivity index (χ3n) is 4.91. The van der Waals surface area contributed by atoms with Crippen molar-refractivity contribution in [2.75, 3.05) is 18.5 Å². The second-order valence-electron chi connectivity index (χ2n) is 6.85. The maximum atomic E-state index is 12.6. The molecule has 1 aromatic heterocycles. The van der Waals surface area contributed by atoms with Crippen molar-refractivity contribution < 1.29 is 9.53 Å². The minimum absolute atomic E-state index is 0.291. The highest BCUT2D eigenvalue weighted by atomic mass is 35.5. The van der Waals surface area contributed by atoms with Crippen molar-refractivity contribution >= 4 is 40.6 Å². The Hall–Kier alpha value is -2.90. The lowest BCUT2D eigenvalue weighted by molar-refractivity contribution is 0.0517. The summed E-state index contributed by atoms with van der Waals surface area (Å²) in [5.74, 6) is -0.426. The van der Waals surface area contributed by atoms with E-state index in [-0.39, 0.29) is 0 Å². The summed E-state index contributed by atoms with van der Waals surface area (Å²) in [6.45, 7) is 3.27. The molecule has 0 aliphatic carbocycles. The number of rotatable bonds is 4. The Morgan fingerprint density at radius 1 is 1.20 bits per heavy atom. The second-order valence-corrected chi connectivity index (χ2v) is 7.67. The van der Waals surface area contributed by atoms with Crippen molar-refractivity contribution in [1.82, 2.24) is 14.7 Å². The minimum atomic E-state index is -0.426. The van der Waals surface area contributed by atoms with Crippen LogP contribution in [0, 0.1) is 0 Å². The Kier molecular flexibility index (Phi) is 6.01. The molecule has 0 bridgehead atoms. The van der Waals surface area contributed by atoms with Gasteiger partial charge in [-0.1, -0.05) is 29.8 Å². The average Bonchev–Trinajstić information content (AvgIpc) is 3.14. The Bertz CT molecular complexity index is 1070. The van der Waals surface area contributed by atoms with Crippen LogP contribution < -0.4 is 5.32 Å². The number of benzene rings is 2. The first kappa shape index (κ1) is 20.4. The molecule has 0 fully saturated rings. The summed E-state index contributed by atoms with van der Waals surface area (Å²) in [6, 6.07) is 17.2. The number of carbonyl (C=O) groups excluding carboxylic acids is 1. The van der Waals surface area contributed by atoms with Gasteiger partial charge in [-0.2, -0.15) is 5.10 Å². The molecule has 4 rings (SSSR count). The van der Waals surface area contributed by atoms with Crippen LogP contribution in [0.15, 0.2) is 54.6 Å². The molecular formula is C22H21ClN4O2S. The number of aromatic nitrogens is 2. The van der Waals surface area contributed by atoms with Gasteiger partial charge >= 0.3 is 5.97 Å². The molecule has 2 aromatic carbocycles. The quantitative estimate of drug-likeness (QED) is 0.477. The SMILES string of the molecule is CCOC(=O)c1nn(-c2ccc(Cl)cc2)c2c1CN(C(=S)Nc1ccccc1)CC2. The van der Waals surface area contributed by atoms with Gasteiger partial charge in [0.2, 0.25) is 0 Å². The molecule has 1 aliphatic rings. The van der Waals surface area contributed by atoms with Crippen LogP contribution in [0.4, 0.5) is 5.69 Å². The summed E-state index contributed by atoms with van der Waals surface area (Å²) in [5, 5.41) is 9.12. The maximum absolute atomic E-state index is 12.6. The van der Waals surface area contributed by atoms with Crippen LogP contribution >= 0.6 is 23.8 Å². The van der Waals surface area contributed by atoms with Crippen molar-refractivity contribution in [3.63, 3.8) is 0 Å². The van der Waals surface area contributed by atoms with Gasteiger partial charge in [-0.3, -0.25) is 0 Å². The van der Waals surface area contributed by atoms with Crippen molar-refractivity contribution in [3.05, 3.63) is 76.6 Å². The molecule has 1 aliphatic heterocycles. The number of fused-ring (bicyclic) bond motifs is 1. The van der Waals surface area contributed by atoms with Gasteiger partial charge in [0.15, 0.2) is 10.8 Å². The first-order valence-electron chi connectivity index (χ1n) is 9.71. The molecule has 0 spiro atoms. The van der Waals surface area contributed by atoms with Crippen LogP contribution in [-0.2, 0) is 17.7 Å². The molecule has 0 amide bonds. The van der Waals surface area contributed by atoms with Crippen LogP contribution in [0.1, 0.15) is 28.7 Å². The van der Waals surface area contributed by atoms with Crippen molar-refractivity contribution in [3.8, 4) is 5.69 Å². The predicted molar refractivity (Wildman–Crippen MR) is 121 cm³/mol. The van der Waals surface area contributed by atoms with E-state index in [9.17, 15) is 4.79 Å². The predicted octanol–water partition coefficient (Wildman–Crippen LogP) is 4.46. The lowest BCUT2D eigenvalue weighted by atomic mass is 10.1. The highest BCUT2D eigenvalue weighted by Gasteiger charge is 2.30. The number of ether oxygens (including phenoxy) is 1. The van der Waals surface area contributed by atoms with Crippen LogP contribution in [0.2, 0.25) is 5.02 Å². The van der Waals surface area contributed by atoms with Crippen molar-refractivity contribution in [2.24, 2.45) is 0 Å². The number of thiocarbonyl (C=S) groups is 1. The number of halogens is 1. The summed E-state index contributed by atoms with van der Waals surface area (Å²) in [4.78, 5) is 14.6. The third-order valence-corrected chi connectivity index (χ3v) is 5.52. The minimum Gasteiger partial charge on any atom is -0.461 e. The van der Waals surface area contributed by atoms with Gasteiger partial charge in [0.05, 0.1) is 18.0 Å². The molecule has 30 heavy (non-hydrogen) atoms. The molecule has 2 heterocycles. The van der Waals surface area contributed by atoms with Gasteiger partial charge in [-0.25, -0.2) is 9.48 Å². The molecule has 154 valence electrons. The second kappa shape index (κ2) is 8.85. The zero-order valence-corrected chi connectivity index (χ0v) is 18.0. The number of anilines is 1. The number of esters is 1. The number of hydrogen-bond donors (Lipinski definition) is 1. The van der Waals surface area contributed by atoms with E-state index >= 15 is 0 Å². The molecule has 0 saturated carbocycles. The van der Waals surface area contributed by atoms with E-state index in [0.717, 1.165) is 22.6 Å². The normalized spacial score (nSPS) is 12.9. The van der Waals surface area contributed by atoms with Crippen molar-refractivity contribution in [2.45, 2.75) is 19.9 Å². The highest BCUT2D eigenvalue weighted by molar-refractivity contribution is 7.80. The van der Waals surface area contributed by atoms with E-state index in [4.69, 9.17) is 28.6 Å². The van der Waals surface area contributed by atoms with Gasteiger partial charge in [-0.15, -0.1) is 0 Å². The largest absolute Gasteiger partial charge is 0.461 e. The lowest BCUT2D eigenvalue weighted by Gasteiger charge is -2.30. The first-order valence-corrected chi connectivity index (χ1v) is 10.5. The van der Waals surface area contributed by atoms with Gasteiger partial charge < -0.3 is 15.0 Å². The van der Waals surface area contributed by atoms with Crippen LogP contribution in [0.3, 0.4) is 0 Å². The molecule has 0 unspecified atom stereocenters. The van der Waals surface area contributed by atoms with E-state index in [0.29, 0.717) is 41.9 Å². The molecule has 8 heteroatoms. The van der Waals surface area contributed by atoms with E-state index < -0.39 is 5.97 Å². The molecule has 6 nitrogen and oxygen atoms in total. The summed E-state index contributed by atoms with van der Waals surface area (Å²) in [6.07, 6.45) is 0.695. The zero-order chi connectivity index (χ0) is 21.1. The molecule has 1 N–H and O–H groups in total. The van der Waals surface area contributed by atoms with Crippen LogP contribution in [0.25, 0.3) is 5.69 Å². The zero-order valence-electron chi connectivity index (χ0n) is 16.5. The summed E-state index contributed by atoms with van der Waals surface area (Å²) < 4.78 is 7.06. The van der Waals surface area contributed by atoms with Crippen LogP contribution in [-0.4, -0.2) is 38.9 Å². The summed E-state index contributed by atoms with van der Waals surface area (Å²) in [7, 11) is 0. The number of nitrogens with one attached hydrogen (secondary N) is 1. The van der Waals surface area contributed by atoms with Crippen LogP contribution in [0.5, 0.6) is 0 Å². The smallest absolute Gasteiger partial charge is 0.359 e. The Morgan fingerprint density at radius 2 is 1.93 bits per heavy atom. The molecule has 3 aromatic rings. The summed E-state index contributed by atoms with van der Waals surface area (Å²) in [5.41, 5.74) is 3.93. The van der Waals surface area contributed by atoms with E-state index in [1.54, 1.807) is 6.92 Å². The molecule has 0 saturated heterocycles. The standard InChI is InChI=1S/C22H21ClN4O2S/c1-2-29-21(28)20-18-14-26(22(30)24-16-6-4-3-5-7-16)13-12-19(18)27(25-20)17-10-8-15(23)9-11-17/h3-11H,2,12-14H2,1H3,(H,24,30). The summed E-state index contributed by atoms with van der Waals surface area (Å²) >= 11 is 11.6. The fourth-order valence-electron chi connectivity index (χ4n) is 3.48. The fourth-order valence-corrected chi connectivity index (χ4v) is 3.88. The molecular weight excluding hydrogens is 420 g/mol. The molecule has 0 radical (unpaired) electrons. The average molecular weight is 441 g/mol. The number of hydrogen-bond acceptors (Lipinski definition) is 4. The van der Waals surface area contributed by atoms with Gasteiger partial charge in [-0.05, 0) is 55.5 Å². The first-order chi connectivity index (χ1) is 14.6. The Balaban J connectivity index is 1.65. The lowest BCUT2D eigenvalue weighted by Crippen LogP contribution is -2.39. The van der Waals surface area contributed by atoms with E-state index in [2.05, 4.69) is 10.4 Å². The van der Waals surface area contributed by atoms with E-state index in [1.807, 2.05) is 64.2 Å². The number of nitrogens with zero attached hydrogens (tertiary/aromatic N) is 3. The Labute approximate surface area is 185 Å². The van der Waals surface area contributed by atoms with Gasteiger partial charge in [0.25, 0.3) is 0 Å². The monoisotopic (exact) mass is 440 g/mol. The Morgan fingerprint density at radius 3 is 2.63 bits per heavy atom. The van der Waals surface area contributed by atoms with Gasteiger partial charge in [0, 0.05) is 35.8 Å². The van der Waals surface area contributed by atoms with Crippen molar-refractivity contribution in [1.29, 1.82) is 0 Å². The topological polar surface area (TPSA) is 59.4 Å². The maximum Gasteiger partial charge on any atom is 0.359 e. The third kappa shape index (κ3) is 4.17.